The highest BCUT2D eigenvalue weighted by molar-refractivity contribution is 5.96. The van der Waals surface area contributed by atoms with Crippen LogP contribution in [0.25, 0.3) is 11.3 Å². The fraction of sp³-hybridized carbons (Fsp3) is 0.150. The molecule has 0 saturated heterocycles. The Morgan fingerprint density at radius 3 is 2.50 bits per heavy atom. The molecule has 0 fully saturated rings. The SMILES string of the molecule is COc1ccc(-c2cc(CNC(=O)c3ccccc3OC)ncn2)cc1. The van der Waals surface area contributed by atoms with Crippen LogP contribution in [0.15, 0.2) is 60.9 Å². The molecule has 3 rings (SSSR count). The van der Waals surface area contributed by atoms with Gasteiger partial charge in [-0.1, -0.05) is 12.1 Å². The molecule has 3 aromatic rings. The van der Waals surface area contributed by atoms with Crippen LogP contribution in [0.3, 0.4) is 0 Å². The number of benzene rings is 2. The van der Waals surface area contributed by atoms with Crippen molar-refractivity contribution in [1.82, 2.24) is 15.3 Å². The van der Waals surface area contributed by atoms with E-state index in [0.29, 0.717) is 23.6 Å². The lowest BCUT2D eigenvalue weighted by Gasteiger charge is -2.09. The van der Waals surface area contributed by atoms with Gasteiger partial charge in [0.1, 0.15) is 17.8 Å². The molecule has 26 heavy (non-hydrogen) atoms. The Labute approximate surface area is 151 Å². The Morgan fingerprint density at radius 1 is 1.00 bits per heavy atom. The lowest BCUT2D eigenvalue weighted by Crippen LogP contribution is -2.23. The van der Waals surface area contributed by atoms with Crippen molar-refractivity contribution in [2.75, 3.05) is 14.2 Å². The van der Waals surface area contributed by atoms with Gasteiger partial charge < -0.3 is 14.8 Å². The number of carbonyl (C=O) groups is 1. The lowest BCUT2D eigenvalue weighted by molar-refractivity contribution is 0.0947. The quantitative estimate of drug-likeness (QED) is 0.740. The van der Waals surface area contributed by atoms with E-state index < -0.39 is 0 Å². The number of amides is 1. The minimum atomic E-state index is -0.216. The van der Waals surface area contributed by atoms with Crippen LogP contribution in [0.4, 0.5) is 0 Å². The minimum Gasteiger partial charge on any atom is -0.497 e. The largest absolute Gasteiger partial charge is 0.497 e. The maximum Gasteiger partial charge on any atom is 0.255 e. The molecule has 0 atom stereocenters. The first kappa shape index (κ1) is 17.4. The van der Waals surface area contributed by atoms with Crippen LogP contribution in [-0.2, 0) is 6.54 Å². The van der Waals surface area contributed by atoms with Crippen LogP contribution in [0.1, 0.15) is 16.1 Å². The normalized spacial score (nSPS) is 10.2. The molecular formula is C20H19N3O3. The first-order valence-corrected chi connectivity index (χ1v) is 8.08. The van der Waals surface area contributed by atoms with Crippen molar-refractivity contribution in [2.24, 2.45) is 0 Å². The van der Waals surface area contributed by atoms with E-state index in [1.54, 1.807) is 25.3 Å². The van der Waals surface area contributed by atoms with E-state index in [2.05, 4.69) is 15.3 Å². The van der Waals surface area contributed by atoms with E-state index in [1.807, 2.05) is 36.4 Å². The van der Waals surface area contributed by atoms with Crippen molar-refractivity contribution < 1.29 is 14.3 Å². The molecule has 2 aromatic carbocycles. The summed E-state index contributed by atoms with van der Waals surface area (Å²) < 4.78 is 10.4. The summed E-state index contributed by atoms with van der Waals surface area (Å²) in [7, 11) is 3.17. The topological polar surface area (TPSA) is 73.3 Å². The molecule has 0 unspecified atom stereocenters. The predicted octanol–water partition coefficient (Wildman–Crippen LogP) is 3.09. The van der Waals surface area contributed by atoms with Crippen LogP contribution < -0.4 is 14.8 Å². The number of hydrogen-bond acceptors (Lipinski definition) is 5. The number of nitrogens with one attached hydrogen (secondary N) is 1. The smallest absolute Gasteiger partial charge is 0.255 e. The van der Waals surface area contributed by atoms with Crippen molar-refractivity contribution in [3.8, 4) is 22.8 Å². The fourth-order valence-corrected chi connectivity index (χ4v) is 2.51. The first-order chi connectivity index (χ1) is 12.7. The summed E-state index contributed by atoms with van der Waals surface area (Å²) in [6.07, 6.45) is 1.49. The maximum atomic E-state index is 12.4. The Kier molecular flexibility index (Phi) is 5.43. The highest BCUT2D eigenvalue weighted by atomic mass is 16.5. The van der Waals surface area contributed by atoms with Gasteiger partial charge in [-0.2, -0.15) is 0 Å². The zero-order chi connectivity index (χ0) is 18.4. The average Bonchev–Trinajstić information content (AvgIpc) is 2.72. The average molecular weight is 349 g/mol. The summed E-state index contributed by atoms with van der Waals surface area (Å²) in [6.45, 7) is 0.294. The number of hydrogen-bond donors (Lipinski definition) is 1. The highest BCUT2D eigenvalue weighted by Crippen LogP contribution is 2.21. The van der Waals surface area contributed by atoms with Crippen molar-refractivity contribution in [2.45, 2.75) is 6.54 Å². The predicted molar refractivity (Wildman–Crippen MR) is 98.2 cm³/mol. The second kappa shape index (κ2) is 8.11. The van der Waals surface area contributed by atoms with Crippen LogP contribution in [-0.4, -0.2) is 30.1 Å². The summed E-state index contributed by atoms with van der Waals surface area (Å²) in [6, 6.07) is 16.5. The number of ether oxygens (including phenoxy) is 2. The van der Waals surface area contributed by atoms with Gasteiger partial charge >= 0.3 is 0 Å². The second-order valence-electron chi connectivity index (χ2n) is 5.51. The Hall–Kier alpha value is -3.41. The van der Waals surface area contributed by atoms with Gasteiger partial charge in [-0.3, -0.25) is 4.79 Å². The molecule has 6 heteroatoms. The standard InChI is InChI=1S/C20H19N3O3/c1-25-16-9-7-14(8-10-16)18-11-15(22-13-23-18)12-21-20(24)17-5-3-4-6-19(17)26-2/h3-11,13H,12H2,1-2H3,(H,21,24). The Bertz CT molecular complexity index is 895. The van der Waals surface area contributed by atoms with Gasteiger partial charge in [-0.15, -0.1) is 0 Å². The molecule has 0 saturated carbocycles. The second-order valence-corrected chi connectivity index (χ2v) is 5.51. The third kappa shape index (κ3) is 3.97. The molecule has 0 spiro atoms. The third-order valence-corrected chi connectivity index (χ3v) is 3.89. The molecule has 1 N–H and O–H groups in total. The molecule has 0 aliphatic heterocycles. The number of nitrogens with zero attached hydrogens (tertiary/aromatic N) is 2. The molecule has 0 aliphatic rings. The fourth-order valence-electron chi connectivity index (χ4n) is 2.51. The zero-order valence-electron chi connectivity index (χ0n) is 14.6. The monoisotopic (exact) mass is 349 g/mol. The van der Waals surface area contributed by atoms with Crippen LogP contribution >= 0.6 is 0 Å². The van der Waals surface area contributed by atoms with Crippen molar-refractivity contribution in [3.05, 3.63) is 72.2 Å². The van der Waals surface area contributed by atoms with Gasteiger partial charge in [0.2, 0.25) is 0 Å². The number of methoxy groups -OCH3 is 2. The van der Waals surface area contributed by atoms with Gasteiger partial charge in [0, 0.05) is 5.56 Å². The number of aromatic nitrogens is 2. The molecule has 0 bridgehead atoms. The van der Waals surface area contributed by atoms with Crippen LogP contribution in [0, 0.1) is 0 Å². The summed E-state index contributed by atoms with van der Waals surface area (Å²) >= 11 is 0. The van der Waals surface area contributed by atoms with Gasteiger partial charge in [0.15, 0.2) is 0 Å². The first-order valence-electron chi connectivity index (χ1n) is 8.08. The van der Waals surface area contributed by atoms with Crippen LogP contribution in [0.2, 0.25) is 0 Å². The van der Waals surface area contributed by atoms with Gasteiger partial charge in [-0.25, -0.2) is 9.97 Å². The minimum absolute atomic E-state index is 0.216. The molecule has 6 nitrogen and oxygen atoms in total. The molecule has 1 heterocycles. The zero-order valence-corrected chi connectivity index (χ0v) is 14.6. The third-order valence-electron chi connectivity index (χ3n) is 3.89. The van der Waals surface area contributed by atoms with E-state index >= 15 is 0 Å². The van der Waals surface area contributed by atoms with Gasteiger partial charge in [0.25, 0.3) is 5.91 Å². The lowest BCUT2D eigenvalue weighted by atomic mass is 10.1. The Morgan fingerprint density at radius 2 is 1.77 bits per heavy atom. The summed E-state index contributed by atoms with van der Waals surface area (Å²) in [5.41, 5.74) is 2.93. The van der Waals surface area contributed by atoms with Crippen LogP contribution in [0.5, 0.6) is 11.5 Å². The van der Waals surface area contributed by atoms with E-state index in [9.17, 15) is 4.79 Å². The highest BCUT2D eigenvalue weighted by Gasteiger charge is 2.11. The van der Waals surface area contributed by atoms with Gasteiger partial charge in [-0.05, 0) is 42.5 Å². The van der Waals surface area contributed by atoms with Crippen molar-refractivity contribution in [1.29, 1.82) is 0 Å². The number of rotatable bonds is 6. The number of para-hydroxylation sites is 1. The summed E-state index contributed by atoms with van der Waals surface area (Å²) in [4.78, 5) is 20.9. The van der Waals surface area contributed by atoms with E-state index in [1.165, 1.54) is 13.4 Å². The van der Waals surface area contributed by atoms with Crippen molar-refractivity contribution >= 4 is 5.91 Å². The van der Waals surface area contributed by atoms with Gasteiger partial charge in [0.05, 0.1) is 37.7 Å². The van der Waals surface area contributed by atoms with E-state index in [-0.39, 0.29) is 5.91 Å². The molecule has 1 aromatic heterocycles. The maximum absolute atomic E-state index is 12.4. The molecular weight excluding hydrogens is 330 g/mol. The van der Waals surface area contributed by atoms with E-state index in [0.717, 1.165) is 17.0 Å². The Balaban J connectivity index is 1.71. The summed E-state index contributed by atoms with van der Waals surface area (Å²) in [5.74, 6) is 1.10. The molecule has 132 valence electrons. The number of carbonyl (C=O) groups excluding carboxylic acids is 1. The molecule has 0 aliphatic carbocycles. The molecule has 1 amide bonds. The van der Waals surface area contributed by atoms with E-state index in [4.69, 9.17) is 9.47 Å². The van der Waals surface area contributed by atoms with Crippen molar-refractivity contribution in [3.63, 3.8) is 0 Å². The summed E-state index contributed by atoms with van der Waals surface area (Å²) in [5, 5.41) is 2.86. The molecule has 0 radical (unpaired) electrons.